The Labute approximate surface area is 126 Å². The van der Waals surface area contributed by atoms with E-state index in [0.717, 1.165) is 38.7 Å². The van der Waals surface area contributed by atoms with Gasteiger partial charge in [0.1, 0.15) is 0 Å². The van der Waals surface area contributed by atoms with E-state index in [1.54, 1.807) is 0 Å². The molecule has 0 amide bonds. The Morgan fingerprint density at radius 3 is 2.68 bits per heavy atom. The van der Waals surface area contributed by atoms with Gasteiger partial charge in [-0.2, -0.15) is 6.08 Å². The second-order valence-corrected chi connectivity index (χ2v) is 4.29. The summed E-state index contributed by atoms with van der Waals surface area (Å²) in [5.74, 6) is 0. The molecule has 1 aliphatic rings. The fraction of sp³-hybridized carbons (Fsp3) is 0.600. The Balaban J connectivity index is 0.00000324. The van der Waals surface area contributed by atoms with Crippen LogP contribution in [0.5, 0.6) is 0 Å². The molecule has 0 fully saturated rings. The van der Waals surface area contributed by atoms with Gasteiger partial charge < -0.3 is 14.6 Å². The van der Waals surface area contributed by atoms with Gasteiger partial charge in [-0.15, -0.1) is 0 Å². The number of ether oxygens (including phenoxy) is 2. The van der Waals surface area contributed by atoms with Gasteiger partial charge in [0.2, 0.25) is 0 Å². The Bertz CT molecular complexity index is 277. The number of aliphatic hydroxyl groups excluding tert-OH is 1. The van der Waals surface area contributed by atoms with Gasteiger partial charge in [-0.1, -0.05) is 19.4 Å². The Morgan fingerprint density at radius 1 is 1.32 bits per heavy atom. The first kappa shape index (κ1) is 18.6. The van der Waals surface area contributed by atoms with Crippen molar-refractivity contribution in [2.45, 2.75) is 44.5 Å². The predicted octanol–water partition coefficient (Wildman–Crippen LogP) is 2.77. The zero-order chi connectivity index (χ0) is 13.1. The first-order valence-electron chi connectivity index (χ1n) is 6.61. The summed E-state index contributed by atoms with van der Waals surface area (Å²) in [7, 11) is 0. The van der Waals surface area contributed by atoms with Crippen LogP contribution in [-0.4, -0.2) is 30.7 Å². The van der Waals surface area contributed by atoms with Crippen LogP contribution in [0, 0.1) is 6.08 Å². The van der Waals surface area contributed by atoms with Gasteiger partial charge in [0.15, 0.2) is 6.29 Å². The topological polar surface area (TPSA) is 38.7 Å². The molecule has 1 radical (unpaired) electrons. The zero-order valence-corrected chi connectivity index (χ0v) is 12.3. The van der Waals surface area contributed by atoms with Crippen molar-refractivity contribution in [2.75, 3.05) is 13.2 Å². The Hall–Kier alpha value is -0.394. The summed E-state index contributed by atoms with van der Waals surface area (Å²) in [5.41, 5.74) is 0. The molecule has 4 heteroatoms. The molecule has 1 rings (SSSR count). The maximum Gasteiger partial charge on any atom is 0.173 e. The summed E-state index contributed by atoms with van der Waals surface area (Å²) in [6.45, 7) is 4.83. The van der Waals surface area contributed by atoms with E-state index in [2.05, 4.69) is 12.7 Å². The Kier molecular flexibility index (Phi) is 12.4. The van der Waals surface area contributed by atoms with Crippen molar-refractivity contribution in [2.24, 2.45) is 0 Å². The molecule has 2 atom stereocenters. The van der Waals surface area contributed by atoms with E-state index >= 15 is 0 Å². The number of unbranched alkanes of at least 4 members (excludes halogenated alkanes) is 3. The van der Waals surface area contributed by atoms with Crippen molar-refractivity contribution in [3.05, 3.63) is 37.0 Å². The molecule has 0 aromatic carbocycles. The molecule has 0 bridgehead atoms. The molecular weight excluding hydrogens is 287 g/mol. The van der Waals surface area contributed by atoms with Crippen LogP contribution in [0.15, 0.2) is 30.9 Å². The maximum atomic E-state index is 9.07. The van der Waals surface area contributed by atoms with Crippen molar-refractivity contribution in [3.8, 4) is 0 Å². The van der Waals surface area contributed by atoms with Crippen molar-refractivity contribution < 1.29 is 31.4 Å². The number of hydrogen-bond acceptors (Lipinski definition) is 3. The summed E-state index contributed by atoms with van der Waals surface area (Å²) in [4.78, 5) is 0. The standard InChI is InChI=1S/C15H23O3.Co/c1-2-15(16)18-13-9-4-3-8-12-17-14-10-6-5-7-11-14;/h2,6-7,10,14-16H,1,3-4,8-9,11-13H2;/q-1;. The number of hydrogen-bond donors (Lipinski definition) is 1. The molecule has 111 valence electrons. The third-order valence-corrected chi connectivity index (χ3v) is 2.74. The smallest absolute Gasteiger partial charge is 0.173 e. The van der Waals surface area contributed by atoms with Crippen LogP contribution in [0.25, 0.3) is 0 Å². The fourth-order valence-electron chi connectivity index (χ4n) is 1.68. The molecule has 0 saturated heterocycles. The Morgan fingerprint density at radius 2 is 2.05 bits per heavy atom. The van der Waals surface area contributed by atoms with Crippen LogP contribution in [0.2, 0.25) is 0 Å². The summed E-state index contributed by atoms with van der Waals surface area (Å²) >= 11 is 0. The van der Waals surface area contributed by atoms with E-state index < -0.39 is 6.29 Å². The van der Waals surface area contributed by atoms with E-state index in [9.17, 15) is 0 Å². The largest absolute Gasteiger partial charge is 0.392 e. The van der Waals surface area contributed by atoms with Crippen LogP contribution < -0.4 is 0 Å². The SMILES string of the molecule is C=CC(O)OCCCCCCOC1C=C[C-]=CC1.[Co]. The molecule has 0 aliphatic heterocycles. The van der Waals surface area contributed by atoms with E-state index in [1.165, 1.54) is 6.08 Å². The van der Waals surface area contributed by atoms with E-state index in [-0.39, 0.29) is 22.9 Å². The quantitative estimate of drug-likeness (QED) is 0.292. The zero-order valence-electron chi connectivity index (χ0n) is 11.2. The summed E-state index contributed by atoms with van der Waals surface area (Å²) in [6.07, 6.45) is 15.0. The average molecular weight is 310 g/mol. The van der Waals surface area contributed by atoms with Gasteiger partial charge >= 0.3 is 0 Å². The predicted molar refractivity (Wildman–Crippen MR) is 71.9 cm³/mol. The molecule has 0 aromatic heterocycles. The molecule has 2 unspecified atom stereocenters. The van der Waals surface area contributed by atoms with Crippen LogP contribution in [0.4, 0.5) is 0 Å². The molecule has 0 heterocycles. The van der Waals surface area contributed by atoms with Crippen LogP contribution in [-0.2, 0) is 26.3 Å². The number of rotatable bonds is 10. The second-order valence-electron chi connectivity index (χ2n) is 4.29. The minimum absolute atomic E-state index is 0. The van der Waals surface area contributed by atoms with Crippen molar-refractivity contribution in [1.82, 2.24) is 0 Å². The number of allylic oxidation sites excluding steroid dienone is 2. The molecule has 1 N–H and O–H groups in total. The minimum Gasteiger partial charge on any atom is -0.392 e. The van der Waals surface area contributed by atoms with Crippen LogP contribution in [0.1, 0.15) is 32.1 Å². The second kappa shape index (κ2) is 12.6. The average Bonchev–Trinajstić information content (AvgIpc) is 2.42. The van der Waals surface area contributed by atoms with E-state index in [0.29, 0.717) is 6.61 Å². The van der Waals surface area contributed by atoms with E-state index in [4.69, 9.17) is 14.6 Å². The monoisotopic (exact) mass is 310 g/mol. The third kappa shape index (κ3) is 10.1. The first-order valence-corrected chi connectivity index (χ1v) is 6.61. The molecule has 1 aliphatic carbocycles. The maximum absolute atomic E-state index is 9.07. The van der Waals surface area contributed by atoms with Gasteiger partial charge in [0, 0.05) is 29.5 Å². The fourth-order valence-corrected chi connectivity index (χ4v) is 1.68. The van der Waals surface area contributed by atoms with Crippen LogP contribution in [0.3, 0.4) is 0 Å². The third-order valence-electron chi connectivity index (χ3n) is 2.74. The normalized spacial score (nSPS) is 18.9. The molecule has 0 saturated carbocycles. The molecule has 0 aromatic rings. The molecule has 0 spiro atoms. The molecular formula is C15H23CoO3-. The first-order chi connectivity index (χ1) is 8.83. The molecule has 19 heavy (non-hydrogen) atoms. The van der Waals surface area contributed by atoms with Gasteiger partial charge in [-0.25, -0.2) is 12.2 Å². The van der Waals surface area contributed by atoms with Gasteiger partial charge in [0.25, 0.3) is 0 Å². The van der Waals surface area contributed by atoms with Crippen molar-refractivity contribution >= 4 is 0 Å². The summed E-state index contributed by atoms with van der Waals surface area (Å²) in [5, 5.41) is 9.07. The summed E-state index contributed by atoms with van der Waals surface area (Å²) < 4.78 is 10.8. The minimum atomic E-state index is -0.823. The van der Waals surface area contributed by atoms with Crippen molar-refractivity contribution in [3.63, 3.8) is 0 Å². The van der Waals surface area contributed by atoms with Gasteiger partial charge in [-0.3, -0.25) is 6.08 Å². The molecule has 3 nitrogen and oxygen atoms in total. The number of aliphatic hydroxyl groups is 1. The van der Waals surface area contributed by atoms with Gasteiger partial charge in [-0.05, 0) is 25.3 Å². The van der Waals surface area contributed by atoms with Crippen molar-refractivity contribution in [1.29, 1.82) is 0 Å². The van der Waals surface area contributed by atoms with Crippen LogP contribution >= 0.6 is 0 Å². The van der Waals surface area contributed by atoms with Gasteiger partial charge in [0.05, 0.1) is 6.61 Å². The van der Waals surface area contributed by atoms with E-state index in [1.807, 2.05) is 18.2 Å². The summed E-state index contributed by atoms with van der Waals surface area (Å²) in [6, 6.07) is 0.